The van der Waals surface area contributed by atoms with Gasteiger partial charge in [-0.3, -0.25) is 0 Å². The minimum absolute atomic E-state index is 0.0208. The largest absolute Gasteiger partial charge is 0.461 e. The van der Waals surface area contributed by atoms with Gasteiger partial charge in [-0.2, -0.15) is 9.97 Å². The van der Waals surface area contributed by atoms with Gasteiger partial charge in [-0.1, -0.05) is 5.92 Å². The lowest BCUT2D eigenvalue weighted by Crippen LogP contribution is -2.11. The molecule has 0 fully saturated rings. The van der Waals surface area contributed by atoms with Crippen molar-refractivity contribution in [2.24, 2.45) is 0 Å². The van der Waals surface area contributed by atoms with Crippen LogP contribution < -0.4 is 14.8 Å². The van der Waals surface area contributed by atoms with Gasteiger partial charge >= 0.3 is 12.0 Å². The zero-order chi connectivity index (χ0) is 12.0. The van der Waals surface area contributed by atoms with Crippen LogP contribution in [0.4, 0.5) is 5.95 Å². The van der Waals surface area contributed by atoms with Gasteiger partial charge in [0.1, 0.15) is 0 Å². The smallest absolute Gasteiger partial charge is 0.325 e. The molecule has 0 spiro atoms. The second-order valence-corrected chi connectivity index (χ2v) is 3.13. The summed E-state index contributed by atoms with van der Waals surface area (Å²) in [5, 5.41) is 2.78. The van der Waals surface area contributed by atoms with Crippen molar-refractivity contribution in [3.05, 3.63) is 0 Å². The Morgan fingerprint density at radius 3 is 2.56 bits per heavy atom. The van der Waals surface area contributed by atoms with Crippen molar-refractivity contribution in [3.8, 4) is 24.4 Å². The van der Waals surface area contributed by atoms with Crippen LogP contribution in [0.3, 0.4) is 0 Å². The maximum atomic E-state index is 5.34. The minimum Gasteiger partial charge on any atom is -0.461 e. The van der Waals surface area contributed by atoms with E-state index in [-0.39, 0.29) is 24.7 Å². The van der Waals surface area contributed by atoms with Crippen LogP contribution in [-0.4, -0.2) is 34.7 Å². The maximum absolute atomic E-state index is 5.34. The Labute approximate surface area is 94.4 Å². The summed E-state index contributed by atoms with van der Waals surface area (Å²) in [4.78, 5) is 11.9. The lowest BCUT2D eigenvalue weighted by molar-refractivity contribution is 0.216. The number of rotatable bonds is 5. The van der Waals surface area contributed by atoms with Gasteiger partial charge in [0.2, 0.25) is 5.95 Å². The highest BCUT2D eigenvalue weighted by molar-refractivity contribution is 5.26. The standard InChI is InChI=1S/C10H14N4O2/c1-5-6-15-9-12-8(11-4)13-10(14-9)16-7(2)3/h1,7H,6H2,2-4H3,(H,11,12,13,14). The van der Waals surface area contributed by atoms with Gasteiger partial charge in [0.15, 0.2) is 6.61 Å². The van der Waals surface area contributed by atoms with Gasteiger partial charge in [-0.15, -0.1) is 11.4 Å². The molecule has 0 aliphatic heterocycles. The van der Waals surface area contributed by atoms with Crippen molar-refractivity contribution >= 4 is 5.95 Å². The zero-order valence-corrected chi connectivity index (χ0v) is 9.52. The predicted octanol–water partition coefficient (Wildman–Crippen LogP) is 0.712. The highest BCUT2D eigenvalue weighted by Crippen LogP contribution is 2.13. The third-order valence-electron chi connectivity index (χ3n) is 1.44. The van der Waals surface area contributed by atoms with E-state index in [0.717, 1.165) is 0 Å². The number of hydrogen-bond acceptors (Lipinski definition) is 6. The van der Waals surface area contributed by atoms with E-state index in [1.54, 1.807) is 7.05 Å². The molecule has 16 heavy (non-hydrogen) atoms. The average molecular weight is 222 g/mol. The number of nitrogens with zero attached hydrogens (tertiary/aromatic N) is 3. The third-order valence-corrected chi connectivity index (χ3v) is 1.44. The molecule has 1 N–H and O–H groups in total. The molecule has 0 radical (unpaired) electrons. The molecule has 1 heterocycles. The number of nitrogens with one attached hydrogen (secondary N) is 1. The average Bonchev–Trinajstić information content (AvgIpc) is 2.25. The number of hydrogen-bond donors (Lipinski definition) is 1. The molecule has 1 aromatic heterocycles. The van der Waals surface area contributed by atoms with E-state index in [2.05, 4.69) is 26.2 Å². The van der Waals surface area contributed by atoms with Gasteiger partial charge < -0.3 is 14.8 Å². The van der Waals surface area contributed by atoms with Crippen molar-refractivity contribution in [1.29, 1.82) is 0 Å². The van der Waals surface area contributed by atoms with E-state index >= 15 is 0 Å². The lowest BCUT2D eigenvalue weighted by Gasteiger charge is -2.09. The first-order valence-electron chi connectivity index (χ1n) is 4.82. The van der Waals surface area contributed by atoms with E-state index in [1.807, 2.05) is 13.8 Å². The number of ether oxygens (including phenoxy) is 2. The van der Waals surface area contributed by atoms with Crippen molar-refractivity contribution in [2.45, 2.75) is 20.0 Å². The van der Waals surface area contributed by atoms with Crippen LogP contribution in [0.5, 0.6) is 12.0 Å². The van der Waals surface area contributed by atoms with E-state index in [9.17, 15) is 0 Å². The minimum atomic E-state index is -0.0208. The Morgan fingerprint density at radius 1 is 1.31 bits per heavy atom. The Morgan fingerprint density at radius 2 is 2.00 bits per heavy atom. The van der Waals surface area contributed by atoms with Crippen molar-refractivity contribution in [2.75, 3.05) is 19.0 Å². The van der Waals surface area contributed by atoms with Crippen molar-refractivity contribution < 1.29 is 9.47 Å². The first-order chi connectivity index (χ1) is 7.65. The molecule has 0 aromatic carbocycles. The predicted molar refractivity (Wildman–Crippen MR) is 59.5 cm³/mol. The highest BCUT2D eigenvalue weighted by atomic mass is 16.5. The molecule has 0 bridgehead atoms. The lowest BCUT2D eigenvalue weighted by atomic mass is 10.5. The molecule has 1 aromatic rings. The summed E-state index contributed by atoms with van der Waals surface area (Å²) in [5.74, 6) is 2.70. The molecule has 0 unspecified atom stereocenters. The monoisotopic (exact) mass is 222 g/mol. The first-order valence-corrected chi connectivity index (χ1v) is 4.82. The third kappa shape index (κ3) is 3.61. The normalized spacial score (nSPS) is 9.69. The summed E-state index contributed by atoms with van der Waals surface area (Å²) < 4.78 is 10.4. The summed E-state index contributed by atoms with van der Waals surface area (Å²) >= 11 is 0. The molecule has 1 rings (SSSR count). The van der Waals surface area contributed by atoms with Crippen LogP contribution in [0.1, 0.15) is 13.8 Å². The molecule has 86 valence electrons. The fraction of sp³-hybridized carbons (Fsp3) is 0.500. The van der Waals surface area contributed by atoms with Crippen LogP contribution in [-0.2, 0) is 0 Å². The molecule has 0 amide bonds. The molecular formula is C10H14N4O2. The fourth-order valence-corrected chi connectivity index (χ4v) is 0.884. The second kappa shape index (κ2) is 5.75. The van der Waals surface area contributed by atoms with Gasteiger partial charge in [0.25, 0.3) is 0 Å². The Hall–Kier alpha value is -2.03. The number of aromatic nitrogens is 3. The van der Waals surface area contributed by atoms with Crippen molar-refractivity contribution in [3.63, 3.8) is 0 Å². The van der Waals surface area contributed by atoms with Gasteiger partial charge in [-0.05, 0) is 13.8 Å². The fourth-order valence-electron chi connectivity index (χ4n) is 0.884. The zero-order valence-electron chi connectivity index (χ0n) is 9.52. The molecule has 0 saturated carbocycles. The van der Waals surface area contributed by atoms with Crippen molar-refractivity contribution in [1.82, 2.24) is 15.0 Å². The maximum Gasteiger partial charge on any atom is 0.325 e. The van der Waals surface area contributed by atoms with Crippen LogP contribution in [0.15, 0.2) is 0 Å². The van der Waals surface area contributed by atoms with Gasteiger partial charge in [-0.25, -0.2) is 0 Å². The molecule has 6 heteroatoms. The van der Waals surface area contributed by atoms with Crippen LogP contribution >= 0.6 is 0 Å². The molecule has 6 nitrogen and oxygen atoms in total. The van der Waals surface area contributed by atoms with Gasteiger partial charge in [0.05, 0.1) is 6.10 Å². The molecule has 0 saturated heterocycles. The van der Waals surface area contributed by atoms with E-state index in [4.69, 9.17) is 15.9 Å². The molecule has 0 aliphatic carbocycles. The molecule has 0 aliphatic rings. The summed E-state index contributed by atoms with van der Waals surface area (Å²) in [6.45, 7) is 3.86. The summed E-state index contributed by atoms with van der Waals surface area (Å²) in [6, 6.07) is 0.356. The quantitative estimate of drug-likeness (QED) is 0.740. The summed E-state index contributed by atoms with van der Waals surface area (Å²) in [6.07, 6.45) is 5.05. The van der Waals surface area contributed by atoms with Crippen LogP contribution in [0, 0.1) is 12.3 Å². The first kappa shape index (κ1) is 12.0. The Kier molecular flexibility index (Phi) is 4.33. The Balaban J connectivity index is 2.88. The summed E-state index contributed by atoms with van der Waals surface area (Å²) in [7, 11) is 1.69. The number of terminal acetylenes is 1. The number of anilines is 1. The van der Waals surface area contributed by atoms with Crippen LogP contribution in [0.25, 0.3) is 0 Å². The van der Waals surface area contributed by atoms with E-state index in [1.165, 1.54) is 0 Å². The van der Waals surface area contributed by atoms with Gasteiger partial charge in [0, 0.05) is 7.05 Å². The van der Waals surface area contributed by atoms with E-state index < -0.39 is 0 Å². The molecular weight excluding hydrogens is 208 g/mol. The topological polar surface area (TPSA) is 69.2 Å². The molecule has 0 atom stereocenters. The second-order valence-electron chi connectivity index (χ2n) is 3.13. The van der Waals surface area contributed by atoms with Crippen LogP contribution in [0.2, 0.25) is 0 Å². The summed E-state index contributed by atoms with van der Waals surface area (Å²) in [5.41, 5.74) is 0. The highest BCUT2D eigenvalue weighted by Gasteiger charge is 2.08. The SMILES string of the molecule is C#CCOc1nc(NC)nc(OC(C)C)n1. The van der Waals surface area contributed by atoms with E-state index in [0.29, 0.717) is 5.95 Å². The Bertz CT molecular complexity index is 387.